The number of hydrogen-bond donors (Lipinski definition) is 2. The quantitative estimate of drug-likeness (QED) is 0.185. The number of piperazine rings is 1. The van der Waals surface area contributed by atoms with Crippen LogP contribution >= 0.6 is 0 Å². The van der Waals surface area contributed by atoms with Crippen molar-refractivity contribution < 1.29 is 33.4 Å². The highest BCUT2D eigenvalue weighted by Gasteiger charge is 2.44. The maximum Gasteiger partial charge on any atom is 0.407 e. The zero-order valence-electron chi connectivity index (χ0n) is 28.2. The van der Waals surface area contributed by atoms with Crippen molar-refractivity contribution in [2.75, 3.05) is 67.1 Å². The van der Waals surface area contributed by atoms with Crippen LogP contribution in [0, 0.1) is 11.3 Å². The number of alkyl carbamates (subject to hydrolysis) is 1. The first-order valence-electron chi connectivity index (χ1n) is 15.6. The molecule has 2 saturated heterocycles. The van der Waals surface area contributed by atoms with Gasteiger partial charge in [-0.25, -0.2) is 4.79 Å². The molecule has 0 radical (unpaired) electrons. The van der Waals surface area contributed by atoms with Gasteiger partial charge < -0.3 is 34.6 Å². The second-order valence-electron chi connectivity index (χ2n) is 10.6. The lowest BCUT2D eigenvalue weighted by atomic mass is 10.1. The average molecular weight is 666 g/mol. The van der Waals surface area contributed by atoms with E-state index < -0.39 is 6.17 Å². The van der Waals surface area contributed by atoms with Gasteiger partial charge in [-0.15, -0.1) is 0 Å². The van der Waals surface area contributed by atoms with Crippen molar-refractivity contribution in [1.82, 2.24) is 30.5 Å². The maximum absolute atomic E-state index is 12.6. The second kappa shape index (κ2) is 21.6. The third-order valence-electron chi connectivity index (χ3n) is 7.23. The highest BCUT2D eigenvalue weighted by Crippen LogP contribution is 2.28. The molecule has 1 atom stereocenters. The molecule has 0 aromatic heterocycles. The third-order valence-corrected chi connectivity index (χ3v) is 7.23. The first-order chi connectivity index (χ1) is 23.3. The Morgan fingerprint density at radius 1 is 1.06 bits per heavy atom. The van der Waals surface area contributed by atoms with Crippen LogP contribution < -0.4 is 20.1 Å². The van der Waals surface area contributed by atoms with Crippen LogP contribution in [0.25, 0.3) is 0 Å². The molecule has 2 aliphatic rings. The Labute approximate surface area is 282 Å². The fourth-order valence-corrected chi connectivity index (χ4v) is 4.83. The summed E-state index contributed by atoms with van der Waals surface area (Å²) in [5.74, 6) is 0.796. The van der Waals surface area contributed by atoms with Crippen LogP contribution in [-0.4, -0.2) is 117 Å². The first-order valence-corrected chi connectivity index (χ1v) is 15.6. The first kappa shape index (κ1) is 39.1. The van der Waals surface area contributed by atoms with E-state index in [1.54, 1.807) is 19.1 Å². The zero-order chi connectivity index (χ0) is 35.3. The van der Waals surface area contributed by atoms with Gasteiger partial charge in [0.05, 0.1) is 33.4 Å². The summed E-state index contributed by atoms with van der Waals surface area (Å²) in [6.45, 7) is 7.65. The van der Waals surface area contributed by atoms with Crippen molar-refractivity contribution in [3.63, 3.8) is 0 Å². The van der Waals surface area contributed by atoms with Gasteiger partial charge in [-0.1, -0.05) is 56.0 Å². The number of nitrogens with one attached hydrogen (secondary N) is 2. The molecule has 0 aliphatic carbocycles. The minimum Gasteiger partial charge on any atom is -0.493 e. The van der Waals surface area contributed by atoms with E-state index in [1.165, 1.54) is 26.6 Å². The van der Waals surface area contributed by atoms with Gasteiger partial charge in [0, 0.05) is 19.6 Å². The van der Waals surface area contributed by atoms with Gasteiger partial charge in [-0.2, -0.15) is 10.3 Å². The summed E-state index contributed by atoms with van der Waals surface area (Å²) < 4.78 is 15.2. The molecule has 260 valence electrons. The summed E-state index contributed by atoms with van der Waals surface area (Å²) >= 11 is 0. The molecular formula is C34H47N7O7. The molecule has 4 rings (SSSR count). The average Bonchev–Trinajstić information content (AvgIpc) is 3.10. The van der Waals surface area contributed by atoms with Crippen molar-refractivity contribution >= 4 is 24.3 Å². The van der Waals surface area contributed by atoms with E-state index in [0.717, 1.165) is 18.5 Å². The number of nitrogens with zero attached hydrogens (tertiary/aromatic N) is 5. The van der Waals surface area contributed by atoms with Gasteiger partial charge in [0.2, 0.25) is 18.2 Å². The Balaban J connectivity index is 0.000000343. The Bertz CT molecular complexity index is 1370. The van der Waals surface area contributed by atoms with E-state index in [2.05, 4.69) is 34.1 Å². The number of rotatable bonds is 13. The Hall–Kier alpha value is -5.13. The fourth-order valence-electron chi connectivity index (χ4n) is 4.83. The fraction of sp³-hybridized carbons (Fsp3) is 0.441. The molecule has 1 unspecified atom stereocenters. The minimum atomic E-state index is -0.606. The zero-order valence-corrected chi connectivity index (χ0v) is 28.2. The van der Waals surface area contributed by atoms with Crippen molar-refractivity contribution in [2.45, 2.75) is 32.5 Å². The second-order valence-corrected chi connectivity index (χ2v) is 10.6. The maximum atomic E-state index is 12.6. The van der Waals surface area contributed by atoms with E-state index in [0.29, 0.717) is 37.4 Å². The van der Waals surface area contributed by atoms with Crippen molar-refractivity contribution in [1.29, 1.82) is 5.26 Å². The van der Waals surface area contributed by atoms with Crippen molar-refractivity contribution in [2.24, 2.45) is 0 Å². The monoisotopic (exact) mass is 665 g/mol. The lowest BCUT2D eigenvalue weighted by Crippen LogP contribution is -2.71. The SMILES string of the molecule is C=CCOC(=O)NCCC.CNCc1ccccc1.COc1ccc(CCN2CC3N(CC2=O)C(=O)CN(CC#N)N3C=O)cc1OC. The summed E-state index contributed by atoms with van der Waals surface area (Å²) in [6, 6.07) is 17.9. The van der Waals surface area contributed by atoms with Crippen LogP contribution in [0.3, 0.4) is 0 Å². The third kappa shape index (κ3) is 12.2. The van der Waals surface area contributed by atoms with Crippen LogP contribution in [0.1, 0.15) is 24.5 Å². The van der Waals surface area contributed by atoms with Gasteiger partial charge in [-0.3, -0.25) is 19.4 Å². The van der Waals surface area contributed by atoms with Crippen LogP contribution in [0.5, 0.6) is 11.5 Å². The molecule has 0 spiro atoms. The van der Waals surface area contributed by atoms with Gasteiger partial charge in [0.15, 0.2) is 11.5 Å². The molecule has 0 saturated carbocycles. The molecule has 2 fully saturated rings. The van der Waals surface area contributed by atoms with Gasteiger partial charge >= 0.3 is 6.09 Å². The number of hydrogen-bond acceptors (Lipinski definition) is 10. The van der Waals surface area contributed by atoms with E-state index >= 15 is 0 Å². The molecule has 4 amide bonds. The number of carbonyl (C=O) groups excluding carboxylic acids is 4. The molecule has 2 N–H and O–H groups in total. The lowest BCUT2D eigenvalue weighted by molar-refractivity contribution is -0.190. The highest BCUT2D eigenvalue weighted by molar-refractivity contribution is 5.88. The Morgan fingerprint density at radius 3 is 2.40 bits per heavy atom. The molecule has 0 bridgehead atoms. The summed E-state index contributed by atoms with van der Waals surface area (Å²) in [4.78, 5) is 50.2. The van der Waals surface area contributed by atoms with E-state index in [4.69, 9.17) is 14.7 Å². The van der Waals surface area contributed by atoms with E-state index in [-0.39, 0.29) is 50.7 Å². The summed E-state index contributed by atoms with van der Waals surface area (Å²) in [6.07, 6.45) is 2.65. The number of methoxy groups -OCH3 is 2. The van der Waals surface area contributed by atoms with E-state index in [9.17, 15) is 19.2 Å². The molecule has 48 heavy (non-hydrogen) atoms. The number of fused-ring (bicyclic) bond motifs is 1. The summed E-state index contributed by atoms with van der Waals surface area (Å²) in [5.41, 5.74) is 2.30. The molecule has 14 heteroatoms. The predicted molar refractivity (Wildman–Crippen MR) is 179 cm³/mol. The Morgan fingerprint density at radius 2 is 1.79 bits per heavy atom. The van der Waals surface area contributed by atoms with Gasteiger partial charge in [0.1, 0.15) is 25.9 Å². The molecule has 14 nitrogen and oxygen atoms in total. The largest absolute Gasteiger partial charge is 0.493 e. The number of nitriles is 1. The number of benzene rings is 2. The van der Waals surface area contributed by atoms with Crippen LogP contribution in [0.2, 0.25) is 0 Å². The lowest BCUT2D eigenvalue weighted by Gasteiger charge is -2.50. The topological polar surface area (TPSA) is 157 Å². The summed E-state index contributed by atoms with van der Waals surface area (Å²) in [5, 5.41) is 17.3. The number of ether oxygens (including phenoxy) is 3. The minimum absolute atomic E-state index is 0.0750. The van der Waals surface area contributed by atoms with Crippen molar-refractivity contribution in [3.05, 3.63) is 72.3 Å². The van der Waals surface area contributed by atoms with Gasteiger partial charge in [-0.05, 0) is 43.1 Å². The number of amides is 4. The molecule has 2 heterocycles. The predicted octanol–water partition coefficient (Wildman–Crippen LogP) is 2.17. The molecule has 2 aromatic carbocycles. The molecular weight excluding hydrogens is 618 g/mol. The smallest absolute Gasteiger partial charge is 0.407 e. The standard InChI is InChI=1S/C19H23N5O5.C8H11N.C7H13NO2/c1-28-15-4-3-14(9-16(15)29-2)5-7-21-10-17-23(12-18(21)26)19(27)11-22(8-6-20)24(17)13-25;1-9-7-8-5-3-2-4-6-8;1-3-5-8-7(9)10-6-4-2/h3-4,9,13,17H,5,7-8,10-12H2,1-2H3;2-6,9H,7H2,1H3;4H,2-3,5-6H2,1H3,(H,8,9). The van der Waals surface area contributed by atoms with Gasteiger partial charge in [0.25, 0.3) is 0 Å². The van der Waals surface area contributed by atoms with E-state index in [1.807, 2.05) is 56.4 Å². The molecule has 2 aliphatic heterocycles. The van der Waals surface area contributed by atoms with Crippen LogP contribution in [0.15, 0.2) is 61.2 Å². The summed E-state index contributed by atoms with van der Waals surface area (Å²) in [7, 11) is 5.08. The normalized spacial score (nSPS) is 15.4. The molecule has 2 aromatic rings. The van der Waals surface area contributed by atoms with Crippen LogP contribution in [-0.2, 0) is 32.1 Å². The Kier molecular flexibility index (Phi) is 17.6. The van der Waals surface area contributed by atoms with Crippen LogP contribution in [0.4, 0.5) is 4.79 Å². The highest BCUT2D eigenvalue weighted by atomic mass is 16.5. The number of hydrazine groups is 1. The number of carbonyl (C=O) groups is 4. The van der Waals surface area contributed by atoms with Crippen molar-refractivity contribution in [3.8, 4) is 17.6 Å².